The average Bonchev–Trinajstić information content (AvgIpc) is 2.00. The van der Waals surface area contributed by atoms with E-state index in [1.165, 1.54) is 14.0 Å². The van der Waals surface area contributed by atoms with Crippen LogP contribution in [0.5, 0.6) is 0 Å². The molecule has 0 unspecified atom stereocenters. The number of rotatable bonds is 3. The predicted molar refractivity (Wildman–Crippen MR) is 43.6 cm³/mol. The summed E-state index contributed by atoms with van der Waals surface area (Å²) in [5.74, 6) is -0.638. The summed E-state index contributed by atoms with van der Waals surface area (Å²) >= 11 is 0. The van der Waals surface area contributed by atoms with Gasteiger partial charge in [0.1, 0.15) is 0 Å². The smallest absolute Gasteiger partial charge is 0.311 e. The molecule has 0 fully saturated rings. The molecule has 0 aromatic heterocycles. The van der Waals surface area contributed by atoms with Gasteiger partial charge in [-0.3, -0.25) is 9.59 Å². The molecule has 0 aromatic rings. The maximum absolute atomic E-state index is 10.7. The first kappa shape index (κ1) is 10.6. The molecule has 5 nitrogen and oxygen atoms in total. The van der Waals surface area contributed by atoms with Gasteiger partial charge >= 0.3 is 5.97 Å². The molecule has 0 aliphatic rings. The van der Waals surface area contributed by atoms with Gasteiger partial charge in [0.2, 0.25) is 5.91 Å². The molecule has 0 spiro atoms. The van der Waals surface area contributed by atoms with Gasteiger partial charge in [-0.25, -0.2) is 5.43 Å². The van der Waals surface area contributed by atoms with Gasteiger partial charge in [-0.1, -0.05) is 0 Å². The van der Waals surface area contributed by atoms with Crippen LogP contribution in [0.25, 0.3) is 0 Å². The SMILES string of the molecule is COC(=O)C/C(C)=N\NC(C)=O. The Morgan fingerprint density at radius 1 is 1.42 bits per heavy atom. The Kier molecular flexibility index (Phi) is 4.67. The highest BCUT2D eigenvalue weighted by atomic mass is 16.5. The first-order chi connectivity index (χ1) is 5.56. The minimum absolute atomic E-state index is 0.0940. The van der Waals surface area contributed by atoms with Crippen molar-refractivity contribution in [1.29, 1.82) is 0 Å². The first-order valence-corrected chi connectivity index (χ1v) is 3.42. The molecule has 0 saturated carbocycles. The number of methoxy groups -OCH3 is 1. The van der Waals surface area contributed by atoms with Crippen LogP contribution in [0, 0.1) is 0 Å². The van der Waals surface area contributed by atoms with Crippen molar-refractivity contribution in [3.8, 4) is 0 Å². The first-order valence-electron chi connectivity index (χ1n) is 3.42. The van der Waals surface area contributed by atoms with Crippen molar-refractivity contribution in [3.63, 3.8) is 0 Å². The lowest BCUT2D eigenvalue weighted by molar-refractivity contribution is -0.139. The normalized spacial score (nSPS) is 10.8. The van der Waals surface area contributed by atoms with E-state index in [9.17, 15) is 9.59 Å². The number of hydrazone groups is 1. The Hall–Kier alpha value is -1.39. The summed E-state index contributed by atoms with van der Waals surface area (Å²) in [6.07, 6.45) is 0.0940. The fraction of sp³-hybridized carbons (Fsp3) is 0.571. The third-order valence-corrected chi connectivity index (χ3v) is 1.03. The minimum atomic E-state index is -0.374. The van der Waals surface area contributed by atoms with Crippen molar-refractivity contribution in [3.05, 3.63) is 0 Å². The molecule has 0 aromatic carbocycles. The molecular formula is C7H12N2O3. The summed E-state index contributed by atoms with van der Waals surface area (Å²) < 4.78 is 4.40. The van der Waals surface area contributed by atoms with Crippen LogP contribution >= 0.6 is 0 Å². The van der Waals surface area contributed by atoms with Gasteiger partial charge in [-0.2, -0.15) is 5.10 Å². The summed E-state index contributed by atoms with van der Waals surface area (Å²) in [6.45, 7) is 2.97. The van der Waals surface area contributed by atoms with E-state index < -0.39 is 0 Å². The number of nitrogens with one attached hydrogen (secondary N) is 1. The molecule has 68 valence electrons. The number of hydrogen-bond donors (Lipinski definition) is 1. The monoisotopic (exact) mass is 172 g/mol. The van der Waals surface area contributed by atoms with Crippen LogP contribution in [0.4, 0.5) is 0 Å². The molecule has 0 heterocycles. The molecule has 0 bridgehead atoms. The molecule has 0 rings (SSSR count). The highest BCUT2D eigenvalue weighted by Gasteiger charge is 2.02. The van der Waals surface area contributed by atoms with Gasteiger partial charge < -0.3 is 4.74 Å². The molecule has 1 amide bonds. The van der Waals surface area contributed by atoms with Crippen LogP contribution in [0.2, 0.25) is 0 Å². The van der Waals surface area contributed by atoms with E-state index in [1.54, 1.807) is 6.92 Å². The second-order valence-corrected chi connectivity index (χ2v) is 2.27. The van der Waals surface area contributed by atoms with E-state index in [0.717, 1.165) is 0 Å². The van der Waals surface area contributed by atoms with Crippen LogP contribution in [-0.4, -0.2) is 24.7 Å². The number of amides is 1. The molecule has 0 aliphatic heterocycles. The Morgan fingerprint density at radius 2 is 2.00 bits per heavy atom. The van der Waals surface area contributed by atoms with E-state index in [2.05, 4.69) is 15.3 Å². The summed E-state index contributed by atoms with van der Waals surface area (Å²) in [5, 5.41) is 3.63. The Bertz CT molecular complexity index is 211. The van der Waals surface area contributed by atoms with Gasteiger partial charge in [-0.15, -0.1) is 0 Å². The number of hydrogen-bond acceptors (Lipinski definition) is 4. The van der Waals surface area contributed by atoms with E-state index >= 15 is 0 Å². The largest absolute Gasteiger partial charge is 0.469 e. The Balaban J connectivity index is 3.85. The zero-order valence-electron chi connectivity index (χ0n) is 7.38. The van der Waals surface area contributed by atoms with E-state index in [-0.39, 0.29) is 18.3 Å². The molecule has 5 heteroatoms. The average molecular weight is 172 g/mol. The third kappa shape index (κ3) is 5.40. The molecule has 0 radical (unpaired) electrons. The van der Waals surface area contributed by atoms with Crippen molar-refractivity contribution in [1.82, 2.24) is 5.43 Å². The topological polar surface area (TPSA) is 67.8 Å². The van der Waals surface area contributed by atoms with Crippen LogP contribution in [0.3, 0.4) is 0 Å². The number of carbonyl (C=O) groups excluding carboxylic acids is 2. The van der Waals surface area contributed by atoms with Crippen LogP contribution < -0.4 is 5.43 Å². The Morgan fingerprint density at radius 3 is 2.42 bits per heavy atom. The van der Waals surface area contributed by atoms with Crippen molar-refractivity contribution < 1.29 is 14.3 Å². The zero-order chi connectivity index (χ0) is 9.56. The highest BCUT2D eigenvalue weighted by Crippen LogP contribution is 1.87. The Labute approximate surface area is 70.8 Å². The maximum atomic E-state index is 10.7. The van der Waals surface area contributed by atoms with E-state index in [4.69, 9.17) is 0 Å². The van der Waals surface area contributed by atoms with E-state index in [0.29, 0.717) is 5.71 Å². The van der Waals surface area contributed by atoms with Crippen LogP contribution in [0.1, 0.15) is 20.3 Å². The molecule has 1 N–H and O–H groups in total. The summed E-state index contributed by atoms with van der Waals surface area (Å²) in [7, 11) is 1.30. The standard InChI is InChI=1S/C7H12N2O3/c1-5(4-7(11)12-3)8-9-6(2)10/h4H2,1-3H3,(H,9,10)/b8-5-. The van der Waals surface area contributed by atoms with Gasteiger partial charge in [0.05, 0.1) is 13.5 Å². The highest BCUT2D eigenvalue weighted by molar-refractivity contribution is 5.97. The quantitative estimate of drug-likeness (QED) is 0.372. The molecule has 0 saturated heterocycles. The van der Waals surface area contributed by atoms with Gasteiger partial charge in [0.25, 0.3) is 0 Å². The van der Waals surface area contributed by atoms with Crippen LogP contribution in [-0.2, 0) is 14.3 Å². The summed E-state index contributed by atoms with van der Waals surface area (Å²) in [4.78, 5) is 21.0. The van der Waals surface area contributed by atoms with Gasteiger partial charge in [-0.05, 0) is 6.92 Å². The fourth-order valence-corrected chi connectivity index (χ4v) is 0.495. The molecule has 12 heavy (non-hydrogen) atoms. The summed E-state index contributed by atoms with van der Waals surface area (Å²) in [6, 6.07) is 0. The third-order valence-electron chi connectivity index (χ3n) is 1.03. The second kappa shape index (κ2) is 5.29. The van der Waals surface area contributed by atoms with Crippen molar-refractivity contribution >= 4 is 17.6 Å². The van der Waals surface area contributed by atoms with Crippen molar-refractivity contribution in [2.24, 2.45) is 5.10 Å². The van der Waals surface area contributed by atoms with Crippen molar-refractivity contribution in [2.45, 2.75) is 20.3 Å². The number of nitrogens with zero attached hydrogens (tertiary/aromatic N) is 1. The van der Waals surface area contributed by atoms with Gasteiger partial charge in [0, 0.05) is 12.6 Å². The second-order valence-electron chi connectivity index (χ2n) is 2.27. The maximum Gasteiger partial charge on any atom is 0.311 e. The lowest BCUT2D eigenvalue weighted by Crippen LogP contribution is -2.16. The molecular weight excluding hydrogens is 160 g/mol. The van der Waals surface area contributed by atoms with Crippen LogP contribution in [0.15, 0.2) is 5.10 Å². The fourth-order valence-electron chi connectivity index (χ4n) is 0.495. The number of ether oxygens (including phenoxy) is 1. The zero-order valence-corrected chi connectivity index (χ0v) is 7.38. The lowest BCUT2D eigenvalue weighted by Gasteiger charge is -1.98. The molecule has 0 aliphatic carbocycles. The lowest BCUT2D eigenvalue weighted by atomic mass is 10.3. The number of esters is 1. The number of carbonyl (C=O) groups is 2. The van der Waals surface area contributed by atoms with E-state index in [1.807, 2.05) is 0 Å². The molecule has 0 atom stereocenters. The minimum Gasteiger partial charge on any atom is -0.469 e. The van der Waals surface area contributed by atoms with Gasteiger partial charge in [0.15, 0.2) is 0 Å². The summed E-state index contributed by atoms with van der Waals surface area (Å²) in [5.41, 5.74) is 2.73. The predicted octanol–water partition coefficient (Wildman–Crippen LogP) is 0.0615. The van der Waals surface area contributed by atoms with Crippen molar-refractivity contribution in [2.75, 3.05) is 7.11 Å².